The average molecular weight is 412 g/mol. The topological polar surface area (TPSA) is 71.3 Å². The second-order valence-corrected chi connectivity index (χ2v) is 7.28. The minimum Gasteiger partial charge on any atom is -0.493 e. The third-order valence-corrected chi connectivity index (χ3v) is 5.53. The number of methoxy groups -OCH3 is 2. The standard InChI is InChI=1S/C21H20N2O5S/c1-4-9-23-13-10-16(25-2)17(26-3)11-19(13)29-21(23)22-20(24)18-12-27-14-7-5-6-8-15(14)28-18/h4-8,10-11,18H,1,9,12H2,2-3H3. The Kier molecular flexibility index (Phi) is 5.26. The van der Waals surface area contributed by atoms with Crippen molar-refractivity contribution >= 4 is 27.5 Å². The third-order valence-electron chi connectivity index (χ3n) is 4.49. The van der Waals surface area contributed by atoms with Gasteiger partial charge in [0.25, 0.3) is 5.91 Å². The zero-order chi connectivity index (χ0) is 20.4. The fourth-order valence-electron chi connectivity index (χ4n) is 3.09. The molecule has 0 bridgehead atoms. The number of allylic oxidation sites excluding steroid dienone is 1. The first-order valence-electron chi connectivity index (χ1n) is 8.98. The molecule has 3 aromatic rings. The molecule has 1 aromatic heterocycles. The summed E-state index contributed by atoms with van der Waals surface area (Å²) in [6, 6.07) is 11.0. The van der Waals surface area contributed by atoms with Crippen molar-refractivity contribution in [3.8, 4) is 23.0 Å². The summed E-state index contributed by atoms with van der Waals surface area (Å²) < 4.78 is 25.0. The summed E-state index contributed by atoms with van der Waals surface area (Å²) in [7, 11) is 3.17. The van der Waals surface area contributed by atoms with Crippen molar-refractivity contribution in [3.05, 3.63) is 53.9 Å². The van der Waals surface area contributed by atoms with Gasteiger partial charge in [0.05, 0.1) is 24.4 Å². The quantitative estimate of drug-likeness (QED) is 0.602. The summed E-state index contributed by atoms with van der Waals surface area (Å²) in [4.78, 5) is 17.7. The van der Waals surface area contributed by atoms with Crippen molar-refractivity contribution in [1.29, 1.82) is 0 Å². The van der Waals surface area contributed by atoms with Crippen LogP contribution in [0.2, 0.25) is 0 Å². The summed E-state index contributed by atoms with van der Waals surface area (Å²) in [5.41, 5.74) is 0.880. The molecule has 0 saturated heterocycles. The lowest BCUT2D eigenvalue weighted by molar-refractivity contribution is -0.127. The fraction of sp³-hybridized carbons (Fsp3) is 0.238. The van der Waals surface area contributed by atoms with Gasteiger partial charge in [0, 0.05) is 18.7 Å². The molecule has 1 atom stereocenters. The first-order chi connectivity index (χ1) is 14.1. The average Bonchev–Trinajstić information content (AvgIpc) is 3.08. The van der Waals surface area contributed by atoms with Gasteiger partial charge in [-0.3, -0.25) is 4.79 Å². The first-order valence-corrected chi connectivity index (χ1v) is 9.79. The summed E-state index contributed by atoms with van der Waals surface area (Å²) in [6.07, 6.45) is 0.958. The van der Waals surface area contributed by atoms with Crippen LogP contribution in [0.1, 0.15) is 0 Å². The maximum absolute atomic E-state index is 12.8. The largest absolute Gasteiger partial charge is 0.493 e. The number of hydrogen-bond acceptors (Lipinski definition) is 6. The van der Waals surface area contributed by atoms with Crippen LogP contribution < -0.4 is 23.7 Å². The van der Waals surface area contributed by atoms with Gasteiger partial charge in [0.1, 0.15) is 6.61 Å². The number of amides is 1. The number of carbonyl (C=O) groups excluding carboxylic acids is 1. The van der Waals surface area contributed by atoms with Crippen molar-refractivity contribution < 1.29 is 23.7 Å². The molecule has 0 fully saturated rings. The number of fused-ring (bicyclic) bond motifs is 2. The number of carbonyl (C=O) groups is 1. The molecule has 0 radical (unpaired) electrons. The fourth-order valence-corrected chi connectivity index (χ4v) is 4.15. The molecule has 4 rings (SSSR count). The highest BCUT2D eigenvalue weighted by atomic mass is 32.1. The predicted molar refractivity (Wildman–Crippen MR) is 110 cm³/mol. The number of hydrogen-bond donors (Lipinski definition) is 0. The molecule has 150 valence electrons. The van der Waals surface area contributed by atoms with E-state index >= 15 is 0 Å². The number of aromatic nitrogens is 1. The van der Waals surface area contributed by atoms with Crippen LogP contribution in [0.4, 0.5) is 0 Å². The first kappa shape index (κ1) is 19.1. The van der Waals surface area contributed by atoms with E-state index in [4.69, 9.17) is 18.9 Å². The highest BCUT2D eigenvalue weighted by molar-refractivity contribution is 7.16. The van der Waals surface area contributed by atoms with Crippen LogP contribution in [0.25, 0.3) is 10.2 Å². The molecule has 29 heavy (non-hydrogen) atoms. The van der Waals surface area contributed by atoms with E-state index in [9.17, 15) is 4.79 Å². The van der Waals surface area contributed by atoms with Gasteiger partial charge >= 0.3 is 0 Å². The summed E-state index contributed by atoms with van der Waals surface area (Å²) in [6.45, 7) is 4.42. The summed E-state index contributed by atoms with van der Waals surface area (Å²) >= 11 is 1.39. The van der Waals surface area contributed by atoms with Gasteiger partial charge in [-0.05, 0) is 12.1 Å². The molecule has 8 heteroatoms. The molecule has 1 unspecified atom stereocenters. The molecule has 2 heterocycles. The number of nitrogens with zero attached hydrogens (tertiary/aromatic N) is 2. The van der Waals surface area contributed by atoms with Gasteiger partial charge in [-0.15, -0.1) is 6.58 Å². The van der Waals surface area contributed by atoms with E-state index in [0.717, 1.165) is 10.2 Å². The van der Waals surface area contributed by atoms with Gasteiger partial charge in [0.15, 0.2) is 27.8 Å². The Labute approximate surface area is 171 Å². The van der Waals surface area contributed by atoms with E-state index in [0.29, 0.717) is 34.3 Å². The molecule has 0 spiro atoms. The van der Waals surface area contributed by atoms with Gasteiger partial charge in [-0.25, -0.2) is 0 Å². The second-order valence-electron chi connectivity index (χ2n) is 6.27. The van der Waals surface area contributed by atoms with Gasteiger partial charge < -0.3 is 23.5 Å². The van der Waals surface area contributed by atoms with E-state index < -0.39 is 12.0 Å². The Bertz CT molecular complexity index is 1150. The predicted octanol–water partition coefficient (Wildman–Crippen LogP) is 3.17. The number of rotatable bonds is 5. The molecule has 1 aliphatic rings. The van der Waals surface area contributed by atoms with Crippen LogP contribution >= 0.6 is 11.3 Å². The molecule has 7 nitrogen and oxygen atoms in total. The van der Waals surface area contributed by atoms with E-state index in [1.165, 1.54) is 11.3 Å². The maximum Gasteiger partial charge on any atom is 0.292 e. The zero-order valence-corrected chi connectivity index (χ0v) is 16.9. The number of para-hydroxylation sites is 2. The summed E-state index contributed by atoms with van der Waals surface area (Å²) in [5.74, 6) is 1.99. The molecule has 2 aromatic carbocycles. The molecule has 1 amide bonds. The Balaban J connectivity index is 1.74. The Morgan fingerprint density at radius 2 is 2.00 bits per heavy atom. The second kappa shape index (κ2) is 8.00. The lowest BCUT2D eigenvalue weighted by Crippen LogP contribution is -2.36. The van der Waals surface area contributed by atoms with E-state index in [1.807, 2.05) is 28.8 Å². The number of ether oxygens (including phenoxy) is 4. The minimum absolute atomic E-state index is 0.118. The van der Waals surface area contributed by atoms with E-state index in [-0.39, 0.29) is 6.61 Å². The third kappa shape index (κ3) is 3.58. The highest BCUT2D eigenvalue weighted by Gasteiger charge is 2.27. The zero-order valence-electron chi connectivity index (χ0n) is 16.1. The van der Waals surface area contributed by atoms with Crippen molar-refractivity contribution in [2.75, 3.05) is 20.8 Å². The number of thiazole rings is 1. The van der Waals surface area contributed by atoms with Crippen molar-refractivity contribution in [2.24, 2.45) is 4.99 Å². The highest BCUT2D eigenvalue weighted by Crippen LogP contribution is 2.34. The Hall–Kier alpha value is -3.26. The smallest absolute Gasteiger partial charge is 0.292 e. The molecular weight excluding hydrogens is 392 g/mol. The maximum atomic E-state index is 12.8. The van der Waals surface area contributed by atoms with Gasteiger partial charge in [0.2, 0.25) is 6.10 Å². The van der Waals surface area contributed by atoms with Crippen LogP contribution in [0.15, 0.2) is 54.0 Å². The SMILES string of the molecule is C=CCn1c(=NC(=O)C2COc3ccccc3O2)sc2cc(OC)c(OC)cc21. The molecule has 0 N–H and O–H groups in total. The van der Waals surface area contributed by atoms with Crippen LogP contribution in [-0.4, -0.2) is 37.4 Å². The lowest BCUT2D eigenvalue weighted by atomic mass is 10.2. The van der Waals surface area contributed by atoms with Crippen molar-refractivity contribution in [2.45, 2.75) is 12.6 Å². The van der Waals surface area contributed by atoms with Crippen molar-refractivity contribution in [3.63, 3.8) is 0 Å². The van der Waals surface area contributed by atoms with Crippen LogP contribution in [0.5, 0.6) is 23.0 Å². The Morgan fingerprint density at radius 1 is 1.28 bits per heavy atom. The van der Waals surface area contributed by atoms with E-state index in [2.05, 4.69) is 11.6 Å². The molecule has 0 saturated carbocycles. The van der Waals surface area contributed by atoms with Gasteiger partial charge in [-0.2, -0.15) is 4.99 Å². The lowest BCUT2D eigenvalue weighted by Gasteiger charge is -2.23. The van der Waals surface area contributed by atoms with Crippen molar-refractivity contribution in [1.82, 2.24) is 4.57 Å². The van der Waals surface area contributed by atoms with Crippen LogP contribution in [0.3, 0.4) is 0 Å². The molecule has 1 aliphatic heterocycles. The molecular formula is C21H20N2O5S. The van der Waals surface area contributed by atoms with Crippen LogP contribution in [0, 0.1) is 0 Å². The van der Waals surface area contributed by atoms with Crippen LogP contribution in [-0.2, 0) is 11.3 Å². The minimum atomic E-state index is -0.795. The summed E-state index contributed by atoms with van der Waals surface area (Å²) in [5, 5.41) is 0. The monoisotopic (exact) mass is 412 g/mol. The van der Waals surface area contributed by atoms with E-state index in [1.54, 1.807) is 32.4 Å². The van der Waals surface area contributed by atoms with Gasteiger partial charge in [-0.1, -0.05) is 29.5 Å². The normalized spacial score (nSPS) is 15.9. The Morgan fingerprint density at radius 3 is 2.72 bits per heavy atom. The number of benzene rings is 2. The molecule has 0 aliphatic carbocycles.